The summed E-state index contributed by atoms with van der Waals surface area (Å²) in [6, 6.07) is 10.7. The number of thiophene rings is 1. The van der Waals surface area contributed by atoms with Gasteiger partial charge in [-0.2, -0.15) is 0 Å². The third-order valence-corrected chi connectivity index (χ3v) is 5.41. The number of ether oxygens (including phenoxy) is 1. The van der Waals surface area contributed by atoms with Gasteiger partial charge in [-0.1, -0.05) is 12.6 Å². The van der Waals surface area contributed by atoms with Crippen LogP contribution in [0.1, 0.15) is 25.8 Å². The summed E-state index contributed by atoms with van der Waals surface area (Å²) in [6.07, 6.45) is 1.38. The smallest absolute Gasteiger partial charge is 0.348 e. The average molecular weight is 447 g/mol. The number of amides is 1. The Bertz CT molecular complexity index is 1360. The molecule has 0 spiro atoms. The van der Waals surface area contributed by atoms with Gasteiger partial charge in [0.25, 0.3) is 5.91 Å². The summed E-state index contributed by atoms with van der Waals surface area (Å²) in [6.45, 7) is 7.36. The van der Waals surface area contributed by atoms with Crippen LogP contribution in [-0.2, 0) is 9.53 Å². The number of hydrazone groups is 1. The second kappa shape index (κ2) is 8.33. The lowest BCUT2D eigenvalue weighted by atomic mass is 10.1. The number of hydrogen-bond acceptors (Lipinski definition) is 7. The van der Waals surface area contributed by atoms with E-state index in [-0.39, 0.29) is 28.4 Å². The van der Waals surface area contributed by atoms with E-state index in [1.165, 1.54) is 48.8 Å². The number of carboxylic acids is 1. The maximum absolute atomic E-state index is 12.9. The highest BCUT2D eigenvalue weighted by molar-refractivity contribution is 7.12. The van der Waals surface area contributed by atoms with Crippen LogP contribution in [0.15, 0.2) is 62.9 Å². The number of carbonyl (C=O) groups is 3. The van der Waals surface area contributed by atoms with Crippen LogP contribution in [0, 0.1) is 6.57 Å². The summed E-state index contributed by atoms with van der Waals surface area (Å²) in [7, 11) is 1.29. The molecule has 1 N–H and O–H groups in total. The largest absolute Gasteiger partial charge is 0.478 e. The zero-order valence-corrected chi connectivity index (χ0v) is 17.3. The van der Waals surface area contributed by atoms with Crippen LogP contribution in [0.5, 0.6) is 0 Å². The van der Waals surface area contributed by atoms with Crippen molar-refractivity contribution in [3.8, 4) is 11.3 Å². The van der Waals surface area contributed by atoms with Crippen LogP contribution < -0.4 is 5.01 Å². The van der Waals surface area contributed by atoms with Crippen molar-refractivity contribution in [1.29, 1.82) is 0 Å². The molecule has 0 saturated carbocycles. The Labute approximate surface area is 185 Å². The second-order valence-electron chi connectivity index (χ2n) is 6.42. The van der Waals surface area contributed by atoms with Gasteiger partial charge in [0.1, 0.15) is 16.4 Å². The molecule has 4 rings (SSSR count). The molecule has 9 nitrogen and oxygen atoms in total. The van der Waals surface area contributed by atoms with Crippen molar-refractivity contribution in [3.63, 3.8) is 0 Å². The number of nitrogens with zero attached hydrogens (tertiary/aromatic N) is 3. The van der Waals surface area contributed by atoms with Crippen molar-refractivity contribution in [3.05, 3.63) is 81.0 Å². The SMILES string of the molecule is [C-]#[N+]C1=NN(c2cccc(C(=O)O)c2)C(=O)C1=Cc1ccc(-c2ccsc2C(=O)OC)o1. The second-order valence-corrected chi connectivity index (χ2v) is 7.34. The molecule has 0 atom stereocenters. The normalized spacial score (nSPS) is 14.4. The molecule has 0 radical (unpaired) electrons. The highest BCUT2D eigenvalue weighted by Gasteiger charge is 2.35. The van der Waals surface area contributed by atoms with Crippen molar-refractivity contribution in [2.24, 2.45) is 5.10 Å². The molecule has 2 aromatic heterocycles. The molecule has 0 saturated heterocycles. The van der Waals surface area contributed by atoms with Crippen molar-refractivity contribution in [1.82, 2.24) is 0 Å². The predicted molar refractivity (Wildman–Crippen MR) is 116 cm³/mol. The summed E-state index contributed by atoms with van der Waals surface area (Å²) in [4.78, 5) is 39.8. The van der Waals surface area contributed by atoms with E-state index in [4.69, 9.17) is 15.7 Å². The summed E-state index contributed by atoms with van der Waals surface area (Å²) >= 11 is 1.21. The van der Waals surface area contributed by atoms with Crippen LogP contribution in [-0.4, -0.2) is 35.9 Å². The Morgan fingerprint density at radius 1 is 1.28 bits per heavy atom. The minimum absolute atomic E-state index is 0.000128. The molecule has 3 aromatic rings. The number of benzene rings is 1. The highest BCUT2D eigenvalue weighted by atomic mass is 32.1. The molecule has 1 aliphatic heterocycles. The lowest BCUT2D eigenvalue weighted by Gasteiger charge is -2.08. The standard InChI is InChI=1S/C22H13N3O6S/c1-23-19-16(20(26)25(24-19)13-5-3-4-12(10-13)21(27)28)11-14-6-7-17(31-14)15-8-9-32-18(15)22(29)30-2/h3-11H,2H3,(H,27,28). The fraction of sp³-hybridized carbons (Fsp3) is 0.0455. The Morgan fingerprint density at radius 3 is 2.81 bits per heavy atom. The first-order valence-electron chi connectivity index (χ1n) is 9.05. The summed E-state index contributed by atoms with van der Waals surface area (Å²) in [5.41, 5.74) is 0.760. The third kappa shape index (κ3) is 3.68. The van der Waals surface area contributed by atoms with Gasteiger partial charge in [0, 0.05) is 5.56 Å². The van der Waals surface area contributed by atoms with Crippen molar-refractivity contribution in [2.45, 2.75) is 0 Å². The Morgan fingerprint density at radius 2 is 2.09 bits per heavy atom. The predicted octanol–water partition coefficient (Wildman–Crippen LogP) is 4.16. The minimum atomic E-state index is -1.15. The first kappa shape index (κ1) is 20.8. The summed E-state index contributed by atoms with van der Waals surface area (Å²) in [5.74, 6) is -1.70. The number of aromatic carboxylic acids is 1. The Hall–Kier alpha value is -4.49. The fourth-order valence-corrected chi connectivity index (χ4v) is 3.85. The minimum Gasteiger partial charge on any atom is -0.478 e. The molecule has 1 amide bonds. The molecular formula is C22H13N3O6S. The maximum Gasteiger partial charge on any atom is 0.348 e. The monoisotopic (exact) mass is 447 g/mol. The van der Waals surface area contributed by atoms with E-state index in [0.717, 1.165) is 5.01 Å². The molecule has 0 aliphatic carbocycles. The molecule has 1 aliphatic rings. The van der Waals surface area contributed by atoms with E-state index in [1.807, 2.05) is 0 Å². The van der Waals surface area contributed by atoms with Gasteiger partial charge in [-0.05, 0) is 53.0 Å². The number of furan rings is 1. The lowest BCUT2D eigenvalue weighted by molar-refractivity contribution is -0.114. The summed E-state index contributed by atoms with van der Waals surface area (Å²) in [5, 5.41) is 15.9. The highest BCUT2D eigenvalue weighted by Crippen LogP contribution is 2.32. The zero-order chi connectivity index (χ0) is 22.8. The molecule has 0 unspecified atom stereocenters. The van der Waals surface area contributed by atoms with Crippen LogP contribution in [0.25, 0.3) is 22.2 Å². The number of rotatable bonds is 5. The van der Waals surface area contributed by atoms with E-state index in [0.29, 0.717) is 16.2 Å². The van der Waals surface area contributed by atoms with E-state index in [1.54, 1.807) is 23.6 Å². The molecule has 0 bridgehead atoms. The van der Waals surface area contributed by atoms with Crippen LogP contribution in [0.4, 0.5) is 5.69 Å². The van der Waals surface area contributed by atoms with Gasteiger partial charge in [-0.15, -0.1) is 16.3 Å². The van der Waals surface area contributed by atoms with Crippen LogP contribution >= 0.6 is 11.3 Å². The zero-order valence-electron chi connectivity index (χ0n) is 16.4. The molecule has 158 valence electrons. The number of methoxy groups -OCH3 is 1. The molecule has 10 heteroatoms. The number of anilines is 1. The van der Waals surface area contributed by atoms with Crippen molar-refractivity contribution in [2.75, 3.05) is 12.1 Å². The molecular weight excluding hydrogens is 434 g/mol. The number of carbonyl (C=O) groups excluding carboxylic acids is 2. The van der Waals surface area contributed by atoms with Gasteiger partial charge in [0.15, 0.2) is 0 Å². The molecule has 0 fully saturated rings. The number of amidine groups is 1. The molecule has 1 aromatic carbocycles. The van der Waals surface area contributed by atoms with Gasteiger partial charge in [-0.25, -0.2) is 9.59 Å². The van der Waals surface area contributed by atoms with Gasteiger partial charge in [-0.3, -0.25) is 4.79 Å². The van der Waals surface area contributed by atoms with Gasteiger partial charge in [0.05, 0.1) is 23.9 Å². The van der Waals surface area contributed by atoms with Gasteiger partial charge in [0.2, 0.25) is 0 Å². The Kier molecular flexibility index (Phi) is 5.41. The topological polar surface area (TPSA) is 114 Å². The Balaban J connectivity index is 1.67. The first-order valence-corrected chi connectivity index (χ1v) is 9.93. The summed E-state index contributed by atoms with van der Waals surface area (Å²) < 4.78 is 10.5. The lowest BCUT2D eigenvalue weighted by Crippen LogP contribution is -2.21. The van der Waals surface area contributed by atoms with E-state index >= 15 is 0 Å². The maximum atomic E-state index is 12.9. The average Bonchev–Trinajstić information content (AvgIpc) is 3.53. The number of carboxylic acid groups (broad SMARTS) is 1. The number of hydrogen-bond donors (Lipinski definition) is 1. The third-order valence-electron chi connectivity index (χ3n) is 4.52. The first-order chi connectivity index (χ1) is 15.4. The van der Waals surface area contributed by atoms with Gasteiger partial charge >= 0.3 is 17.8 Å². The van der Waals surface area contributed by atoms with Crippen LogP contribution in [0.2, 0.25) is 0 Å². The van der Waals surface area contributed by atoms with E-state index < -0.39 is 17.8 Å². The molecule has 3 heterocycles. The van der Waals surface area contributed by atoms with E-state index in [9.17, 15) is 19.5 Å². The van der Waals surface area contributed by atoms with Crippen LogP contribution in [0.3, 0.4) is 0 Å². The fourth-order valence-electron chi connectivity index (χ4n) is 3.03. The number of esters is 1. The quantitative estimate of drug-likeness (QED) is 0.357. The van der Waals surface area contributed by atoms with Crippen molar-refractivity contribution >= 4 is 46.8 Å². The molecule has 32 heavy (non-hydrogen) atoms. The van der Waals surface area contributed by atoms with Gasteiger partial charge < -0.3 is 19.1 Å². The van der Waals surface area contributed by atoms with E-state index in [2.05, 4.69) is 9.95 Å². The van der Waals surface area contributed by atoms with Crippen molar-refractivity contribution < 1.29 is 28.6 Å².